The first kappa shape index (κ1) is 13.7. The minimum atomic E-state index is -0.328. The molecule has 0 aliphatic heterocycles. The zero-order chi connectivity index (χ0) is 12.5. The fourth-order valence-corrected chi connectivity index (χ4v) is 1.56. The number of nitrogens with one attached hydrogen (secondary N) is 1. The Morgan fingerprint density at radius 1 is 1.41 bits per heavy atom. The van der Waals surface area contributed by atoms with Crippen molar-refractivity contribution in [3.63, 3.8) is 0 Å². The number of carbonyl (C=O) groups is 1. The molecule has 0 bridgehead atoms. The molecule has 17 heavy (non-hydrogen) atoms. The van der Waals surface area contributed by atoms with Gasteiger partial charge in [0.2, 0.25) is 5.91 Å². The van der Waals surface area contributed by atoms with Gasteiger partial charge in [-0.25, -0.2) is 0 Å². The number of amides is 1. The lowest BCUT2D eigenvalue weighted by Gasteiger charge is -2.16. The van der Waals surface area contributed by atoms with Gasteiger partial charge < -0.3 is 15.2 Å². The van der Waals surface area contributed by atoms with Crippen LogP contribution in [-0.4, -0.2) is 31.3 Å². The molecular weight excluding hydrogens is 218 g/mol. The minimum Gasteiger partial charge on any atom is -0.394 e. The first-order chi connectivity index (χ1) is 8.27. The Morgan fingerprint density at radius 2 is 2.12 bits per heavy atom. The maximum atomic E-state index is 11.6. The van der Waals surface area contributed by atoms with Crippen LogP contribution in [0.15, 0.2) is 30.3 Å². The number of methoxy groups -OCH3 is 1. The number of rotatable bonds is 7. The standard InChI is InChI=1S/C13H19NO3/c1-17-9-5-8-13(16)14-12(10-15)11-6-3-2-4-7-11/h2-4,6-7,12,15H,5,8-10H2,1H3,(H,14,16)/t12-/m1/s1. The summed E-state index contributed by atoms with van der Waals surface area (Å²) in [5.74, 6) is -0.0649. The molecule has 0 aliphatic rings. The number of carbonyl (C=O) groups excluding carboxylic acids is 1. The molecule has 4 heteroatoms. The summed E-state index contributed by atoms with van der Waals surface area (Å²) in [6.45, 7) is 0.475. The highest BCUT2D eigenvalue weighted by Gasteiger charge is 2.12. The van der Waals surface area contributed by atoms with Crippen LogP contribution >= 0.6 is 0 Å². The molecule has 0 heterocycles. The molecule has 0 fully saturated rings. The largest absolute Gasteiger partial charge is 0.394 e. The number of aliphatic hydroxyl groups is 1. The van der Waals surface area contributed by atoms with Crippen LogP contribution in [0.2, 0.25) is 0 Å². The average Bonchev–Trinajstić information content (AvgIpc) is 2.37. The van der Waals surface area contributed by atoms with E-state index in [0.29, 0.717) is 19.4 Å². The first-order valence-corrected chi connectivity index (χ1v) is 5.72. The fourth-order valence-electron chi connectivity index (χ4n) is 1.56. The Balaban J connectivity index is 2.44. The van der Waals surface area contributed by atoms with E-state index in [4.69, 9.17) is 4.74 Å². The quantitative estimate of drug-likeness (QED) is 0.702. The summed E-state index contributed by atoms with van der Waals surface area (Å²) in [6, 6.07) is 9.11. The van der Waals surface area contributed by atoms with E-state index in [0.717, 1.165) is 5.56 Å². The summed E-state index contributed by atoms with van der Waals surface area (Å²) in [5, 5.41) is 12.1. The van der Waals surface area contributed by atoms with Gasteiger partial charge in [-0.15, -0.1) is 0 Å². The van der Waals surface area contributed by atoms with Crippen LogP contribution in [0.1, 0.15) is 24.4 Å². The van der Waals surface area contributed by atoms with Crippen molar-refractivity contribution in [2.75, 3.05) is 20.3 Å². The molecule has 94 valence electrons. The number of hydrogen-bond acceptors (Lipinski definition) is 3. The van der Waals surface area contributed by atoms with E-state index in [9.17, 15) is 9.90 Å². The smallest absolute Gasteiger partial charge is 0.220 e. The molecule has 1 atom stereocenters. The fraction of sp³-hybridized carbons (Fsp3) is 0.462. The van der Waals surface area contributed by atoms with Crippen molar-refractivity contribution in [3.05, 3.63) is 35.9 Å². The van der Waals surface area contributed by atoms with Crippen molar-refractivity contribution in [1.82, 2.24) is 5.32 Å². The molecule has 1 aromatic rings. The van der Waals surface area contributed by atoms with Gasteiger partial charge in [0.1, 0.15) is 0 Å². The lowest BCUT2D eigenvalue weighted by atomic mass is 10.1. The Bertz CT molecular complexity index is 327. The predicted octanol–water partition coefficient (Wildman–Crippen LogP) is 1.26. The van der Waals surface area contributed by atoms with Crippen molar-refractivity contribution < 1.29 is 14.6 Å². The zero-order valence-corrected chi connectivity index (χ0v) is 10.1. The maximum absolute atomic E-state index is 11.6. The summed E-state index contributed by atoms with van der Waals surface area (Å²) in [5.41, 5.74) is 0.912. The minimum absolute atomic E-state index is 0.0649. The van der Waals surface area contributed by atoms with Gasteiger partial charge in [0.25, 0.3) is 0 Å². The van der Waals surface area contributed by atoms with E-state index in [2.05, 4.69) is 5.32 Å². The second-order valence-electron chi connectivity index (χ2n) is 3.81. The Kier molecular flexibility index (Phi) is 6.29. The van der Waals surface area contributed by atoms with Crippen LogP contribution < -0.4 is 5.32 Å². The maximum Gasteiger partial charge on any atom is 0.220 e. The normalized spacial score (nSPS) is 12.1. The third kappa shape index (κ3) is 4.97. The Morgan fingerprint density at radius 3 is 2.71 bits per heavy atom. The number of benzene rings is 1. The lowest BCUT2D eigenvalue weighted by molar-refractivity contribution is -0.122. The molecule has 1 amide bonds. The van der Waals surface area contributed by atoms with Gasteiger partial charge in [0.05, 0.1) is 12.6 Å². The monoisotopic (exact) mass is 237 g/mol. The van der Waals surface area contributed by atoms with E-state index in [1.807, 2.05) is 30.3 Å². The van der Waals surface area contributed by atoms with E-state index in [-0.39, 0.29) is 18.6 Å². The molecular formula is C13H19NO3. The number of aliphatic hydroxyl groups excluding tert-OH is 1. The highest BCUT2D eigenvalue weighted by Crippen LogP contribution is 2.11. The molecule has 1 aromatic carbocycles. The van der Waals surface area contributed by atoms with Gasteiger partial charge in [0, 0.05) is 20.1 Å². The molecule has 0 saturated carbocycles. The zero-order valence-electron chi connectivity index (χ0n) is 10.1. The molecule has 0 spiro atoms. The first-order valence-electron chi connectivity index (χ1n) is 5.72. The van der Waals surface area contributed by atoms with Crippen LogP contribution in [-0.2, 0) is 9.53 Å². The Hall–Kier alpha value is -1.39. The van der Waals surface area contributed by atoms with E-state index >= 15 is 0 Å². The highest BCUT2D eigenvalue weighted by atomic mass is 16.5. The third-order valence-electron chi connectivity index (χ3n) is 2.47. The average molecular weight is 237 g/mol. The van der Waals surface area contributed by atoms with Gasteiger partial charge in [-0.1, -0.05) is 30.3 Å². The van der Waals surface area contributed by atoms with E-state index in [1.54, 1.807) is 7.11 Å². The van der Waals surface area contributed by atoms with Crippen molar-refractivity contribution in [2.24, 2.45) is 0 Å². The Labute approximate surface area is 102 Å². The van der Waals surface area contributed by atoms with Crippen LogP contribution in [0.5, 0.6) is 0 Å². The summed E-state index contributed by atoms with van der Waals surface area (Å²) >= 11 is 0. The molecule has 0 aromatic heterocycles. The van der Waals surface area contributed by atoms with Gasteiger partial charge in [-0.05, 0) is 12.0 Å². The van der Waals surface area contributed by atoms with Crippen LogP contribution in [0.3, 0.4) is 0 Å². The molecule has 0 saturated heterocycles. The molecule has 4 nitrogen and oxygen atoms in total. The second kappa shape index (κ2) is 7.81. The molecule has 0 radical (unpaired) electrons. The van der Waals surface area contributed by atoms with Crippen LogP contribution in [0, 0.1) is 0 Å². The third-order valence-corrected chi connectivity index (χ3v) is 2.47. The molecule has 2 N–H and O–H groups in total. The van der Waals surface area contributed by atoms with Crippen LogP contribution in [0.25, 0.3) is 0 Å². The SMILES string of the molecule is COCCCC(=O)N[C@H](CO)c1ccccc1. The summed E-state index contributed by atoms with van der Waals surface area (Å²) in [7, 11) is 1.61. The van der Waals surface area contributed by atoms with Crippen molar-refractivity contribution in [2.45, 2.75) is 18.9 Å². The molecule has 1 rings (SSSR count). The van der Waals surface area contributed by atoms with Crippen molar-refractivity contribution in [1.29, 1.82) is 0 Å². The number of hydrogen-bond donors (Lipinski definition) is 2. The van der Waals surface area contributed by atoms with E-state index < -0.39 is 0 Å². The van der Waals surface area contributed by atoms with Gasteiger partial charge in [-0.2, -0.15) is 0 Å². The van der Waals surface area contributed by atoms with Gasteiger partial charge in [0.15, 0.2) is 0 Å². The lowest BCUT2D eigenvalue weighted by Crippen LogP contribution is -2.30. The van der Waals surface area contributed by atoms with E-state index in [1.165, 1.54) is 0 Å². The summed E-state index contributed by atoms with van der Waals surface area (Å²) in [6.07, 6.45) is 1.10. The van der Waals surface area contributed by atoms with Crippen LogP contribution in [0.4, 0.5) is 0 Å². The van der Waals surface area contributed by atoms with Gasteiger partial charge >= 0.3 is 0 Å². The van der Waals surface area contributed by atoms with Crippen molar-refractivity contribution in [3.8, 4) is 0 Å². The van der Waals surface area contributed by atoms with Crippen molar-refractivity contribution >= 4 is 5.91 Å². The second-order valence-corrected chi connectivity index (χ2v) is 3.81. The summed E-state index contributed by atoms with van der Waals surface area (Å²) < 4.78 is 4.88. The molecule has 0 aliphatic carbocycles. The predicted molar refractivity (Wildman–Crippen MR) is 65.5 cm³/mol. The molecule has 0 unspecified atom stereocenters. The highest BCUT2D eigenvalue weighted by molar-refractivity contribution is 5.76. The topological polar surface area (TPSA) is 58.6 Å². The summed E-state index contributed by atoms with van der Waals surface area (Å²) in [4.78, 5) is 11.6. The number of ether oxygens (including phenoxy) is 1. The van der Waals surface area contributed by atoms with Gasteiger partial charge in [-0.3, -0.25) is 4.79 Å².